The van der Waals surface area contributed by atoms with Crippen LogP contribution in [0.5, 0.6) is 0 Å². The van der Waals surface area contributed by atoms with Crippen LogP contribution in [0, 0.1) is 0 Å². The van der Waals surface area contributed by atoms with E-state index in [9.17, 15) is 0 Å². The molecule has 3 heteroatoms. The molecule has 24 heavy (non-hydrogen) atoms. The number of hydrogen-bond donors (Lipinski definition) is 0. The van der Waals surface area contributed by atoms with E-state index in [0.29, 0.717) is 0 Å². The molecule has 0 unspecified atom stereocenters. The molecule has 0 radical (unpaired) electrons. The van der Waals surface area contributed by atoms with Crippen molar-refractivity contribution >= 4 is 51.5 Å². The molecule has 0 aliphatic heterocycles. The van der Waals surface area contributed by atoms with E-state index in [1.165, 1.54) is 41.4 Å². The number of benzene rings is 2. The predicted octanol–water partition coefficient (Wildman–Crippen LogP) is 4.96. The first kappa shape index (κ1) is 12.8. The van der Waals surface area contributed by atoms with Crippen LogP contribution in [0.25, 0.3) is 47.1 Å². The van der Waals surface area contributed by atoms with Crippen molar-refractivity contribution in [3.05, 3.63) is 72.9 Å². The van der Waals surface area contributed by atoms with Crippen LogP contribution < -0.4 is 0 Å². The number of aromatic nitrogens is 2. The Kier molecular flexibility index (Phi) is 2.38. The number of rotatable bonds is 1. The number of para-hydroxylation sites is 2. The zero-order chi connectivity index (χ0) is 15.7. The molecule has 0 amide bonds. The third-order valence-corrected chi connectivity index (χ3v) is 7.22. The second-order valence-electron chi connectivity index (χ2n) is 6.10. The van der Waals surface area contributed by atoms with E-state index >= 15 is 0 Å². The molecular weight excluding hydrogens is 359 g/mol. The van der Waals surface area contributed by atoms with Gasteiger partial charge < -0.3 is 0 Å². The van der Waals surface area contributed by atoms with E-state index in [4.69, 9.17) is 0 Å². The van der Waals surface area contributed by atoms with Crippen LogP contribution in [0.3, 0.4) is 0 Å². The third kappa shape index (κ3) is 1.49. The van der Waals surface area contributed by atoms with Gasteiger partial charge in [0.25, 0.3) is 0 Å². The molecule has 0 saturated carbocycles. The van der Waals surface area contributed by atoms with Crippen molar-refractivity contribution in [3.63, 3.8) is 0 Å². The van der Waals surface area contributed by atoms with Gasteiger partial charge in [-0.15, -0.1) is 0 Å². The molecule has 4 aromatic heterocycles. The molecule has 0 N–H and O–H groups in total. The van der Waals surface area contributed by atoms with Gasteiger partial charge in [-0.05, 0) is 0 Å². The monoisotopic (exact) mass is 372 g/mol. The van der Waals surface area contributed by atoms with Crippen LogP contribution in [0.2, 0.25) is 0 Å². The van der Waals surface area contributed by atoms with Crippen molar-refractivity contribution in [3.8, 4) is 10.1 Å². The van der Waals surface area contributed by atoms with Crippen molar-refractivity contribution in [2.45, 2.75) is 0 Å². The van der Waals surface area contributed by atoms with Crippen molar-refractivity contribution < 1.29 is 0 Å². The SMILES string of the molecule is c1ccc(-c2cc3c4cccc5c6ccccc6n(c3[se]2)c54)nc1. The van der Waals surface area contributed by atoms with Gasteiger partial charge in [0.05, 0.1) is 0 Å². The molecule has 0 spiro atoms. The molecule has 0 bridgehead atoms. The molecule has 6 rings (SSSR count). The Morgan fingerprint density at radius 3 is 2.42 bits per heavy atom. The molecule has 0 atom stereocenters. The van der Waals surface area contributed by atoms with Gasteiger partial charge in [-0.2, -0.15) is 0 Å². The Hall–Kier alpha value is -2.61. The van der Waals surface area contributed by atoms with E-state index in [1.54, 1.807) is 0 Å². The second-order valence-corrected chi connectivity index (χ2v) is 8.26. The summed E-state index contributed by atoms with van der Waals surface area (Å²) in [6, 6.07) is 24.0. The summed E-state index contributed by atoms with van der Waals surface area (Å²) in [6.45, 7) is 0. The molecular formula is C21H12N2Se. The number of nitrogens with zero attached hydrogens (tertiary/aromatic N) is 2. The van der Waals surface area contributed by atoms with E-state index in [-0.39, 0.29) is 14.5 Å². The fourth-order valence-corrected chi connectivity index (χ4v) is 6.28. The van der Waals surface area contributed by atoms with Gasteiger partial charge in [-0.3, -0.25) is 0 Å². The van der Waals surface area contributed by atoms with Crippen molar-refractivity contribution in [1.82, 2.24) is 9.38 Å². The fourth-order valence-electron chi connectivity index (χ4n) is 3.82. The minimum atomic E-state index is 0.275. The van der Waals surface area contributed by atoms with Gasteiger partial charge >= 0.3 is 144 Å². The Labute approximate surface area is 144 Å². The molecule has 2 aromatic carbocycles. The van der Waals surface area contributed by atoms with Crippen LogP contribution in [-0.4, -0.2) is 23.9 Å². The molecule has 4 heterocycles. The molecule has 0 saturated heterocycles. The number of hydrogen-bond acceptors (Lipinski definition) is 1. The fraction of sp³-hybridized carbons (Fsp3) is 0. The van der Waals surface area contributed by atoms with Crippen LogP contribution in [0.15, 0.2) is 72.9 Å². The summed E-state index contributed by atoms with van der Waals surface area (Å²) in [5, 5.41) is 5.47. The van der Waals surface area contributed by atoms with Gasteiger partial charge in [-0.25, -0.2) is 0 Å². The Morgan fingerprint density at radius 1 is 0.750 bits per heavy atom. The van der Waals surface area contributed by atoms with Gasteiger partial charge in [0.1, 0.15) is 0 Å². The third-order valence-electron chi connectivity index (χ3n) is 4.82. The molecule has 0 aliphatic carbocycles. The summed E-state index contributed by atoms with van der Waals surface area (Å²) in [4.78, 5) is 4.55. The van der Waals surface area contributed by atoms with Gasteiger partial charge in [0, 0.05) is 0 Å². The van der Waals surface area contributed by atoms with E-state index in [2.05, 4.69) is 70.0 Å². The van der Waals surface area contributed by atoms with Gasteiger partial charge in [-0.1, -0.05) is 0 Å². The maximum atomic E-state index is 4.55. The van der Waals surface area contributed by atoms with Crippen LogP contribution in [0.4, 0.5) is 0 Å². The molecule has 0 aliphatic rings. The zero-order valence-electron chi connectivity index (χ0n) is 12.7. The summed E-state index contributed by atoms with van der Waals surface area (Å²) in [5.41, 5.74) is 3.81. The first-order valence-electron chi connectivity index (χ1n) is 8.00. The summed E-state index contributed by atoms with van der Waals surface area (Å²) >= 11 is 0.275. The molecule has 112 valence electrons. The topological polar surface area (TPSA) is 17.3 Å². The van der Waals surface area contributed by atoms with Crippen molar-refractivity contribution in [2.75, 3.05) is 0 Å². The minimum absolute atomic E-state index is 0.275. The first-order valence-corrected chi connectivity index (χ1v) is 9.71. The number of fused-ring (bicyclic) bond motifs is 6. The molecule has 6 aromatic rings. The first-order chi connectivity index (χ1) is 11.9. The second kappa shape index (κ2) is 4.47. The van der Waals surface area contributed by atoms with Gasteiger partial charge in [0.2, 0.25) is 0 Å². The van der Waals surface area contributed by atoms with Gasteiger partial charge in [0.15, 0.2) is 0 Å². The van der Waals surface area contributed by atoms with Crippen molar-refractivity contribution in [2.24, 2.45) is 0 Å². The Morgan fingerprint density at radius 2 is 1.54 bits per heavy atom. The average molecular weight is 371 g/mol. The van der Waals surface area contributed by atoms with E-state index < -0.39 is 0 Å². The standard InChI is InChI=1S/C21H12N2Se/c1-2-10-18-13(6-1)14-7-5-8-15-16-12-19(17-9-3-4-11-22-17)24-21(16)23(18)20(14)15/h1-12H. The van der Waals surface area contributed by atoms with E-state index in [1.807, 2.05) is 12.3 Å². The predicted molar refractivity (Wildman–Crippen MR) is 101 cm³/mol. The molecule has 0 fully saturated rings. The van der Waals surface area contributed by atoms with E-state index in [0.717, 1.165) is 5.69 Å². The number of pyridine rings is 1. The summed E-state index contributed by atoms with van der Waals surface area (Å²) < 4.78 is 5.31. The Bertz CT molecular complexity index is 1340. The normalized spacial score (nSPS) is 12.2. The zero-order valence-corrected chi connectivity index (χ0v) is 14.4. The average Bonchev–Trinajstić information content (AvgIpc) is 3.29. The molecule has 2 nitrogen and oxygen atoms in total. The summed E-state index contributed by atoms with van der Waals surface area (Å²) in [6.07, 6.45) is 1.88. The van der Waals surface area contributed by atoms with Crippen molar-refractivity contribution in [1.29, 1.82) is 0 Å². The summed E-state index contributed by atoms with van der Waals surface area (Å²) in [7, 11) is 0. The van der Waals surface area contributed by atoms with Crippen LogP contribution >= 0.6 is 0 Å². The van der Waals surface area contributed by atoms with Crippen LogP contribution in [0.1, 0.15) is 0 Å². The summed E-state index contributed by atoms with van der Waals surface area (Å²) in [5.74, 6) is 0. The maximum absolute atomic E-state index is 4.55. The van der Waals surface area contributed by atoms with Crippen LogP contribution in [-0.2, 0) is 0 Å². The Balaban J connectivity index is 1.85. The quantitative estimate of drug-likeness (QED) is 0.374.